The molecule has 0 aliphatic carbocycles. The van der Waals surface area contributed by atoms with Gasteiger partial charge in [-0.15, -0.1) is 0 Å². The molecule has 0 unspecified atom stereocenters. The van der Waals surface area contributed by atoms with Crippen molar-refractivity contribution >= 4 is 0 Å². The minimum absolute atomic E-state index is 0.706. The molecule has 1 aromatic heterocycles. The smallest absolute Gasteiger partial charge is 0.228 e. The number of aromatic nitrogens is 2. The van der Waals surface area contributed by atoms with Gasteiger partial charge in [0.2, 0.25) is 5.89 Å². The predicted octanol–water partition coefficient (Wildman–Crippen LogP) is 1.52. The van der Waals surface area contributed by atoms with E-state index >= 15 is 0 Å². The van der Waals surface area contributed by atoms with E-state index in [0.717, 1.165) is 50.7 Å². The van der Waals surface area contributed by atoms with E-state index in [1.807, 2.05) is 5.06 Å². The van der Waals surface area contributed by atoms with Gasteiger partial charge in [-0.3, -0.25) is 4.84 Å². The SMILES string of the molecule is CN1CCC(Cc2noc(CCN3CCCCO3)n2)CC1. The first-order chi connectivity index (χ1) is 10.3. The first-order valence-corrected chi connectivity index (χ1v) is 8.17. The van der Waals surface area contributed by atoms with Gasteiger partial charge in [-0.05, 0) is 51.7 Å². The molecule has 0 spiro atoms. The predicted molar refractivity (Wildman–Crippen MR) is 78.7 cm³/mol. The Kier molecular flexibility index (Phi) is 5.22. The van der Waals surface area contributed by atoms with E-state index in [9.17, 15) is 0 Å². The molecule has 0 atom stereocenters. The summed E-state index contributed by atoms with van der Waals surface area (Å²) in [5.41, 5.74) is 0. The van der Waals surface area contributed by atoms with E-state index in [1.54, 1.807) is 0 Å². The lowest BCUT2D eigenvalue weighted by Gasteiger charge is -2.28. The summed E-state index contributed by atoms with van der Waals surface area (Å²) >= 11 is 0. The molecule has 0 bridgehead atoms. The zero-order valence-electron chi connectivity index (χ0n) is 13.0. The Bertz CT molecular complexity index is 423. The summed E-state index contributed by atoms with van der Waals surface area (Å²) in [7, 11) is 2.19. The third kappa shape index (κ3) is 4.49. The van der Waals surface area contributed by atoms with Crippen LogP contribution in [0.5, 0.6) is 0 Å². The normalized spacial score (nSPS) is 22.7. The van der Waals surface area contributed by atoms with Gasteiger partial charge in [-0.25, -0.2) is 0 Å². The van der Waals surface area contributed by atoms with Crippen LogP contribution in [0.3, 0.4) is 0 Å². The van der Waals surface area contributed by atoms with Crippen molar-refractivity contribution in [2.45, 2.75) is 38.5 Å². The van der Waals surface area contributed by atoms with Crippen molar-refractivity contribution in [3.63, 3.8) is 0 Å². The molecule has 2 aliphatic rings. The first-order valence-electron chi connectivity index (χ1n) is 8.17. The molecule has 2 aliphatic heterocycles. The number of hydrogen-bond donors (Lipinski definition) is 0. The first kappa shape index (κ1) is 14.9. The lowest BCUT2D eigenvalue weighted by molar-refractivity contribution is -0.180. The van der Waals surface area contributed by atoms with Gasteiger partial charge >= 0.3 is 0 Å². The Morgan fingerprint density at radius 2 is 2.05 bits per heavy atom. The van der Waals surface area contributed by atoms with E-state index in [1.165, 1.54) is 32.4 Å². The lowest BCUT2D eigenvalue weighted by atomic mass is 9.94. The fourth-order valence-electron chi connectivity index (χ4n) is 3.04. The average molecular weight is 294 g/mol. The molecule has 3 heterocycles. The molecule has 1 aromatic rings. The summed E-state index contributed by atoms with van der Waals surface area (Å²) < 4.78 is 5.36. The third-order valence-electron chi connectivity index (χ3n) is 4.47. The van der Waals surface area contributed by atoms with Crippen LogP contribution in [0.25, 0.3) is 0 Å². The van der Waals surface area contributed by atoms with Gasteiger partial charge in [-0.2, -0.15) is 10.0 Å². The van der Waals surface area contributed by atoms with Crippen molar-refractivity contribution in [1.82, 2.24) is 20.1 Å². The summed E-state index contributed by atoms with van der Waals surface area (Å²) in [5.74, 6) is 2.32. The van der Waals surface area contributed by atoms with E-state index in [4.69, 9.17) is 9.36 Å². The van der Waals surface area contributed by atoms with Gasteiger partial charge in [-0.1, -0.05) is 5.16 Å². The number of hydroxylamine groups is 2. The fourth-order valence-corrected chi connectivity index (χ4v) is 3.04. The standard InChI is InChI=1S/C15H26N4O2/c1-18-8-4-13(5-9-18)12-14-16-15(21-17-14)6-10-19-7-2-3-11-20-19/h13H,2-12H2,1H3. The Morgan fingerprint density at radius 1 is 1.19 bits per heavy atom. The zero-order valence-corrected chi connectivity index (χ0v) is 13.0. The van der Waals surface area contributed by atoms with Crippen molar-refractivity contribution in [3.05, 3.63) is 11.7 Å². The van der Waals surface area contributed by atoms with Gasteiger partial charge in [0.05, 0.1) is 6.61 Å². The van der Waals surface area contributed by atoms with Crippen LogP contribution in [0.2, 0.25) is 0 Å². The van der Waals surface area contributed by atoms with Crippen molar-refractivity contribution in [2.75, 3.05) is 39.8 Å². The quantitative estimate of drug-likeness (QED) is 0.821. The highest BCUT2D eigenvalue weighted by molar-refractivity contribution is 4.90. The highest BCUT2D eigenvalue weighted by Crippen LogP contribution is 2.19. The van der Waals surface area contributed by atoms with Gasteiger partial charge in [0.1, 0.15) is 0 Å². The van der Waals surface area contributed by atoms with E-state index < -0.39 is 0 Å². The van der Waals surface area contributed by atoms with Crippen LogP contribution in [-0.4, -0.2) is 59.9 Å². The Morgan fingerprint density at radius 3 is 2.81 bits per heavy atom. The van der Waals surface area contributed by atoms with Crippen LogP contribution in [0.4, 0.5) is 0 Å². The third-order valence-corrected chi connectivity index (χ3v) is 4.47. The lowest BCUT2D eigenvalue weighted by Crippen LogP contribution is -2.31. The zero-order chi connectivity index (χ0) is 14.5. The van der Waals surface area contributed by atoms with E-state index in [-0.39, 0.29) is 0 Å². The van der Waals surface area contributed by atoms with Crippen molar-refractivity contribution < 1.29 is 9.36 Å². The molecule has 0 saturated carbocycles. The highest BCUT2D eigenvalue weighted by Gasteiger charge is 2.20. The second-order valence-corrected chi connectivity index (χ2v) is 6.27. The monoisotopic (exact) mass is 294 g/mol. The molecule has 2 fully saturated rings. The number of likely N-dealkylation sites (tertiary alicyclic amines) is 1. The number of piperidine rings is 1. The van der Waals surface area contributed by atoms with Gasteiger partial charge < -0.3 is 9.42 Å². The Balaban J connectivity index is 1.42. The van der Waals surface area contributed by atoms with Crippen LogP contribution in [0, 0.1) is 5.92 Å². The van der Waals surface area contributed by atoms with Crippen LogP contribution in [0.1, 0.15) is 37.4 Å². The minimum Gasteiger partial charge on any atom is -0.339 e. The number of hydrogen-bond acceptors (Lipinski definition) is 6. The van der Waals surface area contributed by atoms with Gasteiger partial charge in [0, 0.05) is 25.9 Å². The van der Waals surface area contributed by atoms with Crippen LogP contribution in [0.15, 0.2) is 4.52 Å². The molecule has 2 saturated heterocycles. The summed E-state index contributed by atoms with van der Waals surface area (Å²) in [5, 5.41) is 6.15. The Hall–Kier alpha value is -0.980. The molecule has 21 heavy (non-hydrogen) atoms. The topological polar surface area (TPSA) is 54.6 Å². The van der Waals surface area contributed by atoms with Gasteiger partial charge in [0.15, 0.2) is 5.82 Å². The highest BCUT2D eigenvalue weighted by atomic mass is 16.7. The second-order valence-electron chi connectivity index (χ2n) is 6.27. The summed E-state index contributed by atoms with van der Waals surface area (Å²) in [4.78, 5) is 12.5. The maximum Gasteiger partial charge on any atom is 0.228 e. The van der Waals surface area contributed by atoms with Crippen LogP contribution in [-0.2, 0) is 17.7 Å². The van der Waals surface area contributed by atoms with Crippen LogP contribution >= 0.6 is 0 Å². The summed E-state index contributed by atoms with van der Waals surface area (Å²) in [6, 6.07) is 0. The number of nitrogens with zero attached hydrogens (tertiary/aromatic N) is 4. The minimum atomic E-state index is 0.706. The summed E-state index contributed by atoms with van der Waals surface area (Å²) in [6.45, 7) is 5.06. The molecular weight excluding hydrogens is 268 g/mol. The molecule has 6 heteroatoms. The maximum atomic E-state index is 5.58. The van der Waals surface area contributed by atoms with Crippen molar-refractivity contribution in [2.24, 2.45) is 5.92 Å². The van der Waals surface area contributed by atoms with E-state index in [2.05, 4.69) is 22.1 Å². The largest absolute Gasteiger partial charge is 0.339 e. The number of rotatable bonds is 5. The Labute approximate surface area is 126 Å². The van der Waals surface area contributed by atoms with E-state index in [0.29, 0.717) is 5.92 Å². The maximum absolute atomic E-state index is 5.58. The second kappa shape index (κ2) is 7.33. The summed E-state index contributed by atoms with van der Waals surface area (Å²) in [6.07, 6.45) is 6.59. The van der Waals surface area contributed by atoms with Crippen LogP contribution < -0.4 is 0 Å². The van der Waals surface area contributed by atoms with Gasteiger partial charge in [0.25, 0.3) is 0 Å². The fraction of sp³-hybridized carbons (Fsp3) is 0.867. The van der Waals surface area contributed by atoms with Crippen molar-refractivity contribution in [3.8, 4) is 0 Å². The average Bonchev–Trinajstić information content (AvgIpc) is 2.96. The molecule has 6 nitrogen and oxygen atoms in total. The molecule has 3 rings (SSSR count). The molecule has 0 N–H and O–H groups in total. The molecule has 0 radical (unpaired) electrons. The molecule has 118 valence electrons. The molecule has 0 amide bonds. The molecular formula is C15H26N4O2. The molecule has 0 aromatic carbocycles. The van der Waals surface area contributed by atoms with Crippen molar-refractivity contribution in [1.29, 1.82) is 0 Å².